The highest BCUT2D eigenvalue weighted by Gasteiger charge is 2.33. The molecule has 4 nitrogen and oxygen atoms in total. The second kappa shape index (κ2) is 7.18. The molecule has 2 amide bonds. The average Bonchev–Trinajstić information content (AvgIpc) is 3.11. The van der Waals surface area contributed by atoms with Gasteiger partial charge in [0.05, 0.1) is 4.88 Å². The smallest absolute Gasteiger partial charge is 0.264 e. The Morgan fingerprint density at radius 2 is 2.04 bits per heavy atom. The summed E-state index contributed by atoms with van der Waals surface area (Å²) in [7, 11) is 0. The molecule has 0 bridgehead atoms. The molecule has 1 fully saturated rings. The molecule has 0 saturated carbocycles. The number of hydrogen-bond acceptors (Lipinski definition) is 3. The number of carbonyl (C=O) groups is 2. The van der Waals surface area contributed by atoms with Crippen molar-refractivity contribution in [2.45, 2.75) is 39.2 Å². The standard InChI is InChI=1S/C19H22N2O2S/c1-13-8-9-15(14(2)12-13)20-18(22)16-6-3-4-10-21(16)19(23)17-7-5-11-24-17/h5,7-9,11-12,16H,3-4,6,10H2,1-2H3,(H,20,22)/t16-/m1/s1. The molecule has 126 valence electrons. The molecule has 1 atom stereocenters. The van der Waals surface area contributed by atoms with Gasteiger partial charge in [-0.05, 0) is 56.2 Å². The lowest BCUT2D eigenvalue weighted by atomic mass is 10.0. The Kier molecular flexibility index (Phi) is 5.00. The van der Waals surface area contributed by atoms with E-state index in [1.54, 1.807) is 4.90 Å². The number of amides is 2. The van der Waals surface area contributed by atoms with Gasteiger partial charge < -0.3 is 10.2 Å². The van der Waals surface area contributed by atoms with Gasteiger partial charge in [0.15, 0.2) is 0 Å². The highest BCUT2D eigenvalue weighted by Crippen LogP contribution is 2.24. The van der Waals surface area contributed by atoms with Crippen LogP contribution in [0.4, 0.5) is 5.69 Å². The largest absolute Gasteiger partial charge is 0.326 e. The lowest BCUT2D eigenvalue weighted by molar-refractivity contribution is -0.121. The fourth-order valence-corrected chi connectivity index (χ4v) is 3.84. The molecule has 1 saturated heterocycles. The molecular weight excluding hydrogens is 320 g/mol. The van der Waals surface area contributed by atoms with Gasteiger partial charge in [0, 0.05) is 12.2 Å². The first-order chi connectivity index (χ1) is 11.6. The van der Waals surface area contributed by atoms with Crippen molar-refractivity contribution in [1.29, 1.82) is 0 Å². The third-order valence-corrected chi connectivity index (χ3v) is 5.30. The van der Waals surface area contributed by atoms with E-state index in [-0.39, 0.29) is 11.8 Å². The summed E-state index contributed by atoms with van der Waals surface area (Å²) in [5.41, 5.74) is 3.02. The molecule has 1 N–H and O–H groups in total. The van der Waals surface area contributed by atoms with Gasteiger partial charge >= 0.3 is 0 Å². The van der Waals surface area contributed by atoms with Gasteiger partial charge in [-0.1, -0.05) is 23.8 Å². The first-order valence-corrected chi connectivity index (χ1v) is 9.17. The summed E-state index contributed by atoms with van der Waals surface area (Å²) in [6.45, 7) is 4.65. The number of hydrogen-bond donors (Lipinski definition) is 1. The van der Waals surface area contributed by atoms with E-state index in [2.05, 4.69) is 5.32 Å². The molecule has 0 spiro atoms. The number of aryl methyl sites for hydroxylation is 2. The highest BCUT2D eigenvalue weighted by atomic mass is 32.1. The van der Waals surface area contributed by atoms with E-state index in [1.165, 1.54) is 11.3 Å². The van der Waals surface area contributed by atoms with Gasteiger partial charge in [0.2, 0.25) is 5.91 Å². The van der Waals surface area contributed by atoms with Crippen molar-refractivity contribution in [3.63, 3.8) is 0 Å². The van der Waals surface area contributed by atoms with E-state index >= 15 is 0 Å². The van der Waals surface area contributed by atoms with Crippen molar-refractivity contribution in [2.75, 3.05) is 11.9 Å². The minimum Gasteiger partial charge on any atom is -0.326 e. The van der Waals surface area contributed by atoms with Crippen molar-refractivity contribution < 1.29 is 9.59 Å². The van der Waals surface area contributed by atoms with Crippen LogP contribution in [0, 0.1) is 13.8 Å². The molecule has 0 unspecified atom stereocenters. The van der Waals surface area contributed by atoms with Crippen LogP contribution in [0.2, 0.25) is 0 Å². The zero-order chi connectivity index (χ0) is 17.1. The third-order valence-electron chi connectivity index (χ3n) is 4.44. The summed E-state index contributed by atoms with van der Waals surface area (Å²) in [6, 6.07) is 9.25. The monoisotopic (exact) mass is 342 g/mol. The molecule has 3 rings (SSSR count). The second-order valence-electron chi connectivity index (χ2n) is 6.30. The summed E-state index contributed by atoms with van der Waals surface area (Å²) in [4.78, 5) is 27.9. The molecule has 1 aromatic heterocycles. The van der Waals surface area contributed by atoms with E-state index in [1.807, 2.05) is 49.6 Å². The van der Waals surface area contributed by atoms with Crippen LogP contribution < -0.4 is 5.32 Å². The maximum absolute atomic E-state index is 12.8. The maximum atomic E-state index is 12.8. The van der Waals surface area contributed by atoms with Crippen LogP contribution in [0.1, 0.15) is 40.1 Å². The number of thiophene rings is 1. The lowest BCUT2D eigenvalue weighted by Crippen LogP contribution is -2.49. The Morgan fingerprint density at radius 3 is 2.75 bits per heavy atom. The van der Waals surface area contributed by atoms with Crippen LogP contribution in [-0.4, -0.2) is 29.3 Å². The molecular formula is C19H22N2O2S. The molecule has 24 heavy (non-hydrogen) atoms. The van der Waals surface area contributed by atoms with Gasteiger partial charge in [-0.3, -0.25) is 9.59 Å². The van der Waals surface area contributed by atoms with Crippen LogP contribution in [-0.2, 0) is 4.79 Å². The minimum absolute atomic E-state index is 0.0366. The zero-order valence-electron chi connectivity index (χ0n) is 14.0. The predicted octanol–water partition coefficient (Wildman–Crippen LogP) is 4.00. The number of benzene rings is 1. The first kappa shape index (κ1) is 16.7. The van der Waals surface area contributed by atoms with Gasteiger partial charge in [-0.25, -0.2) is 0 Å². The molecule has 1 aliphatic heterocycles. The minimum atomic E-state index is -0.394. The third kappa shape index (κ3) is 3.51. The number of nitrogens with zero attached hydrogens (tertiary/aromatic N) is 1. The first-order valence-electron chi connectivity index (χ1n) is 8.29. The summed E-state index contributed by atoms with van der Waals surface area (Å²) in [5.74, 6) is -0.128. The summed E-state index contributed by atoms with van der Waals surface area (Å²) >= 11 is 1.42. The summed E-state index contributed by atoms with van der Waals surface area (Å²) in [5, 5.41) is 4.90. The van der Waals surface area contributed by atoms with Crippen LogP contribution in [0.3, 0.4) is 0 Å². The fourth-order valence-electron chi connectivity index (χ4n) is 3.16. The quantitative estimate of drug-likeness (QED) is 0.916. The van der Waals surface area contributed by atoms with Crippen LogP contribution in [0.5, 0.6) is 0 Å². The second-order valence-corrected chi connectivity index (χ2v) is 7.24. The number of rotatable bonds is 3. The normalized spacial score (nSPS) is 17.6. The molecule has 0 aliphatic carbocycles. The van der Waals surface area contributed by atoms with Crippen molar-refractivity contribution >= 4 is 28.8 Å². The molecule has 0 radical (unpaired) electrons. The molecule has 1 aromatic carbocycles. The van der Waals surface area contributed by atoms with Crippen molar-refractivity contribution in [1.82, 2.24) is 4.90 Å². The zero-order valence-corrected chi connectivity index (χ0v) is 14.9. The van der Waals surface area contributed by atoms with Crippen molar-refractivity contribution in [3.8, 4) is 0 Å². The number of carbonyl (C=O) groups excluding carboxylic acids is 2. The number of nitrogens with one attached hydrogen (secondary N) is 1. The van der Waals surface area contributed by atoms with Crippen LogP contribution in [0.25, 0.3) is 0 Å². The Morgan fingerprint density at radius 1 is 1.21 bits per heavy atom. The topological polar surface area (TPSA) is 49.4 Å². The van der Waals surface area contributed by atoms with Gasteiger partial charge in [0.25, 0.3) is 5.91 Å². The van der Waals surface area contributed by atoms with Crippen molar-refractivity contribution in [2.24, 2.45) is 0 Å². The lowest BCUT2D eigenvalue weighted by Gasteiger charge is -2.34. The van der Waals surface area contributed by atoms with E-state index in [9.17, 15) is 9.59 Å². The number of piperidine rings is 1. The Balaban J connectivity index is 1.77. The SMILES string of the molecule is Cc1ccc(NC(=O)[C@H]2CCCCN2C(=O)c2cccs2)c(C)c1. The molecule has 2 heterocycles. The molecule has 2 aromatic rings. The van der Waals surface area contributed by atoms with Gasteiger partial charge in [-0.15, -0.1) is 11.3 Å². The van der Waals surface area contributed by atoms with Crippen LogP contribution in [0.15, 0.2) is 35.7 Å². The van der Waals surface area contributed by atoms with E-state index in [0.717, 1.165) is 29.7 Å². The average molecular weight is 342 g/mol. The van der Waals surface area contributed by atoms with E-state index < -0.39 is 6.04 Å². The van der Waals surface area contributed by atoms with Gasteiger partial charge in [0.1, 0.15) is 6.04 Å². The number of anilines is 1. The fraction of sp³-hybridized carbons (Fsp3) is 0.368. The predicted molar refractivity (Wildman–Crippen MR) is 97.5 cm³/mol. The van der Waals surface area contributed by atoms with E-state index in [4.69, 9.17) is 0 Å². The molecule has 1 aliphatic rings. The van der Waals surface area contributed by atoms with Crippen LogP contribution >= 0.6 is 11.3 Å². The maximum Gasteiger partial charge on any atom is 0.264 e. The Hall–Kier alpha value is -2.14. The van der Waals surface area contributed by atoms with Gasteiger partial charge in [-0.2, -0.15) is 0 Å². The summed E-state index contributed by atoms with van der Waals surface area (Å²) in [6.07, 6.45) is 2.64. The number of likely N-dealkylation sites (tertiary alicyclic amines) is 1. The van der Waals surface area contributed by atoms with Crippen molar-refractivity contribution in [3.05, 3.63) is 51.7 Å². The Bertz CT molecular complexity index is 740. The van der Waals surface area contributed by atoms with E-state index in [0.29, 0.717) is 17.8 Å². The molecule has 5 heteroatoms. The Labute approximate surface area is 146 Å². The summed E-state index contributed by atoms with van der Waals surface area (Å²) < 4.78 is 0. The highest BCUT2D eigenvalue weighted by molar-refractivity contribution is 7.12.